The maximum Gasteiger partial charge on any atom is 0.246 e. The van der Waals surface area contributed by atoms with Gasteiger partial charge in [0.1, 0.15) is 0 Å². The Morgan fingerprint density at radius 3 is 2.44 bits per heavy atom. The molecule has 0 saturated carbocycles. The van der Waals surface area contributed by atoms with Gasteiger partial charge in [-0.05, 0) is 36.2 Å². The Bertz CT molecular complexity index is 1130. The number of rotatable bonds is 5. The predicted octanol–water partition coefficient (Wildman–Crippen LogP) is 5.11. The van der Waals surface area contributed by atoms with Crippen LogP contribution in [0.4, 0.5) is 17.1 Å². The summed E-state index contributed by atoms with van der Waals surface area (Å²) in [5.41, 5.74) is 3.74. The second-order valence-electron chi connectivity index (χ2n) is 7.99. The van der Waals surface area contributed by atoms with Crippen LogP contribution in [0.3, 0.4) is 0 Å². The van der Waals surface area contributed by atoms with Gasteiger partial charge < -0.3 is 15.1 Å². The van der Waals surface area contributed by atoms with Crippen LogP contribution in [0.25, 0.3) is 0 Å². The summed E-state index contributed by atoms with van der Waals surface area (Å²) in [6.45, 7) is 0.875. The summed E-state index contributed by atoms with van der Waals surface area (Å²) in [6, 6.07) is 26.0. The van der Waals surface area contributed by atoms with Crippen molar-refractivity contribution < 1.29 is 9.59 Å². The summed E-state index contributed by atoms with van der Waals surface area (Å²) >= 11 is 1.79. The molecule has 2 amide bonds. The number of nitrogens with one attached hydrogen (secondary N) is 1. The Morgan fingerprint density at radius 2 is 1.66 bits per heavy atom. The number of benzene rings is 3. The number of carbonyl (C=O) groups excluding carboxylic acids is 2. The highest BCUT2D eigenvalue weighted by atomic mass is 32.2. The predicted molar refractivity (Wildman–Crippen MR) is 130 cm³/mol. The molecule has 6 heteroatoms. The summed E-state index contributed by atoms with van der Waals surface area (Å²) in [4.78, 5) is 30.7. The van der Waals surface area contributed by atoms with Gasteiger partial charge in [-0.15, -0.1) is 11.8 Å². The molecular weight excluding hydrogens is 418 g/mol. The molecule has 2 aliphatic rings. The largest absolute Gasteiger partial charge is 0.374 e. The van der Waals surface area contributed by atoms with Gasteiger partial charge in [-0.25, -0.2) is 0 Å². The highest BCUT2D eigenvalue weighted by molar-refractivity contribution is 7.99. The highest BCUT2D eigenvalue weighted by Gasteiger charge is 2.32. The first kappa shape index (κ1) is 20.6. The lowest BCUT2D eigenvalue weighted by atomic mass is 10.1. The standard InChI is InChI=1S/C26H25N3O2S/c30-25-15-8-16-28(25)21-12-5-4-11-20(21)27-17-26(31)29-22-13-6-7-14-24(22)32-18-23(29)19-9-2-1-3-10-19/h1-7,9-14,23,27H,8,15-18H2. The first-order chi connectivity index (χ1) is 15.7. The average Bonchev–Trinajstić information content (AvgIpc) is 3.28. The van der Waals surface area contributed by atoms with Crippen LogP contribution in [0.5, 0.6) is 0 Å². The van der Waals surface area contributed by atoms with E-state index in [0.717, 1.165) is 46.2 Å². The van der Waals surface area contributed by atoms with Crippen molar-refractivity contribution in [3.8, 4) is 0 Å². The summed E-state index contributed by atoms with van der Waals surface area (Å²) in [7, 11) is 0. The maximum absolute atomic E-state index is 13.6. The average molecular weight is 444 g/mol. The molecular formula is C26H25N3O2S. The summed E-state index contributed by atoms with van der Waals surface area (Å²) < 4.78 is 0. The number of nitrogens with zero attached hydrogens (tertiary/aromatic N) is 2. The quantitative estimate of drug-likeness (QED) is 0.596. The molecule has 0 aromatic heterocycles. The molecule has 3 aromatic rings. The van der Waals surface area contributed by atoms with Crippen LogP contribution in [0.15, 0.2) is 83.8 Å². The van der Waals surface area contributed by atoms with Crippen molar-refractivity contribution in [1.29, 1.82) is 0 Å². The number of anilines is 3. The van der Waals surface area contributed by atoms with Crippen molar-refractivity contribution in [2.45, 2.75) is 23.8 Å². The Kier molecular flexibility index (Phi) is 5.86. The van der Waals surface area contributed by atoms with Crippen molar-refractivity contribution in [3.63, 3.8) is 0 Å². The number of carbonyl (C=O) groups is 2. The van der Waals surface area contributed by atoms with Gasteiger partial charge in [0.2, 0.25) is 11.8 Å². The van der Waals surface area contributed by atoms with Gasteiger partial charge in [0.25, 0.3) is 0 Å². The van der Waals surface area contributed by atoms with Gasteiger partial charge in [0, 0.05) is 23.6 Å². The second kappa shape index (κ2) is 9.09. The minimum absolute atomic E-state index is 0.00848. The summed E-state index contributed by atoms with van der Waals surface area (Å²) in [6.07, 6.45) is 1.45. The lowest BCUT2D eigenvalue weighted by Gasteiger charge is -2.37. The smallest absolute Gasteiger partial charge is 0.246 e. The van der Waals surface area contributed by atoms with Crippen molar-refractivity contribution in [2.75, 3.05) is 34.0 Å². The maximum atomic E-state index is 13.6. The molecule has 32 heavy (non-hydrogen) atoms. The molecule has 3 aromatic carbocycles. The normalized spacial score (nSPS) is 17.9. The monoisotopic (exact) mass is 443 g/mol. The highest BCUT2D eigenvalue weighted by Crippen LogP contribution is 2.43. The fraction of sp³-hybridized carbons (Fsp3) is 0.231. The molecule has 0 aliphatic carbocycles. The van der Waals surface area contributed by atoms with Gasteiger partial charge in [0.05, 0.1) is 29.6 Å². The van der Waals surface area contributed by atoms with Gasteiger partial charge in [-0.2, -0.15) is 0 Å². The van der Waals surface area contributed by atoms with Crippen molar-refractivity contribution in [1.82, 2.24) is 0 Å². The molecule has 2 aliphatic heterocycles. The van der Waals surface area contributed by atoms with E-state index < -0.39 is 0 Å². The molecule has 5 nitrogen and oxygen atoms in total. The third kappa shape index (κ3) is 3.98. The van der Waals surface area contributed by atoms with Crippen LogP contribution in [0.2, 0.25) is 0 Å². The van der Waals surface area contributed by atoms with Gasteiger partial charge in [-0.3, -0.25) is 9.59 Å². The zero-order valence-electron chi connectivity index (χ0n) is 17.7. The first-order valence-corrected chi connectivity index (χ1v) is 11.9. The van der Waals surface area contributed by atoms with E-state index >= 15 is 0 Å². The minimum Gasteiger partial charge on any atom is -0.374 e. The lowest BCUT2D eigenvalue weighted by molar-refractivity contribution is -0.118. The molecule has 162 valence electrons. The van der Waals surface area contributed by atoms with E-state index in [0.29, 0.717) is 6.42 Å². The molecule has 1 unspecified atom stereocenters. The van der Waals surface area contributed by atoms with E-state index in [9.17, 15) is 9.59 Å². The van der Waals surface area contributed by atoms with Crippen LogP contribution >= 0.6 is 11.8 Å². The van der Waals surface area contributed by atoms with E-state index in [-0.39, 0.29) is 24.4 Å². The van der Waals surface area contributed by atoms with E-state index in [1.165, 1.54) is 0 Å². The minimum atomic E-state index is -0.0270. The number of hydrogen-bond acceptors (Lipinski definition) is 4. The molecule has 1 atom stereocenters. The Balaban J connectivity index is 1.41. The molecule has 0 bridgehead atoms. The van der Waals surface area contributed by atoms with E-state index in [4.69, 9.17) is 0 Å². The van der Waals surface area contributed by atoms with Crippen molar-refractivity contribution in [2.24, 2.45) is 0 Å². The number of amides is 2. The SMILES string of the molecule is O=C1CCCN1c1ccccc1NCC(=O)N1c2ccccc2SCC1c1ccccc1. The van der Waals surface area contributed by atoms with Gasteiger partial charge >= 0.3 is 0 Å². The number of hydrogen-bond donors (Lipinski definition) is 1. The molecule has 1 fully saturated rings. The fourth-order valence-corrected chi connectivity index (χ4v) is 5.60. The molecule has 1 N–H and O–H groups in total. The van der Waals surface area contributed by atoms with Crippen LogP contribution in [-0.4, -0.2) is 30.7 Å². The summed E-state index contributed by atoms with van der Waals surface area (Å²) in [5, 5.41) is 3.32. The molecule has 2 heterocycles. The van der Waals surface area contributed by atoms with Crippen molar-refractivity contribution >= 4 is 40.6 Å². The van der Waals surface area contributed by atoms with E-state index in [1.807, 2.05) is 70.5 Å². The third-order valence-electron chi connectivity index (χ3n) is 5.98. The molecule has 0 spiro atoms. The van der Waals surface area contributed by atoms with Gasteiger partial charge in [-0.1, -0.05) is 54.6 Å². The van der Waals surface area contributed by atoms with Gasteiger partial charge in [0.15, 0.2) is 0 Å². The van der Waals surface area contributed by atoms with Crippen LogP contribution in [0, 0.1) is 0 Å². The topological polar surface area (TPSA) is 52.7 Å². The molecule has 0 radical (unpaired) electrons. The Labute approximate surface area is 192 Å². The number of fused-ring (bicyclic) bond motifs is 1. The zero-order chi connectivity index (χ0) is 21.9. The van der Waals surface area contributed by atoms with Crippen LogP contribution in [0.1, 0.15) is 24.4 Å². The number of thioether (sulfide) groups is 1. The summed E-state index contributed by atoms with van der Waals surface area (Å²) in [5.74, 6) is 0.955. The number of para-hydroxylation sites is 3. The first-order valence-electron chi connectivity index (χ1n) is 10.9. The van der Waals surface area contributed by atoms with E-state index in [2.05, 4.69) is 23.5 Å². The van der Waals surface area contributed by atoms with Crippen LogP contribution in [-0.2, 0) is 9.59 Å². The van der Waals surface area contributed by atoms with E-state index in [1.54, 1.807) is 11.8 Å². The Hall–Kier alpha value is -3.25. The molecule has 5 rings (SSSR count). The third-order valence-corrected chi connectivity index (χ3v) is 7.12. The molecule has 1 saturated heterocycles. The lowest BCUT2D eigenvalue weighted by Crippen LogP contribution is -2.41. The fourth-order valence-electron chi connectivity index (χ4n) is 4.44. The van der Waals surface area contributed by atoms with Crippen LogP contribution < -0.4 is 15.1 Å². The van der Waals surface area contributed by atoms with Crippen molar-refractivity contribution in [3.05, 3.63) is 84.4 Å². The Morgan fingerprint density at radius 1 is 0.938 bits per heavy atom. The zero-order valence-corrected chi connectivity index (χ0v) is 18.6. The second-order valence-corrected chi connectivity index (χ2v) is 9.05.